The monoisotopic (exact) mass is 276 g/mol. The number of carbonyl (C=O) groups excluding carboxylic acids is 1. The molecular formula is C14H16N2O4. The van der Waals surface area contributed by atoms with Crippen molar-refractivity contribution < 1.29 is 18.8 Å². The lowest BCUT2D eigenvalue weighted by molar-refractivity contribution is 0.0817. The zero-order chi connectivity index (χ0) is 14.7. The second-order valence-electron chi connectivity index (χ2n) is 4.34. The van der Waals surface area contributed by atoms with Crippen molar-refractivity contribution >= 4 is 5.91 Å². The lowest BCUT2D eigenvalue weighted by Gasteiger charge is -2.07. The van der Waals surface area contributed by atoms with Gasteiger partial charge in [0.2, 0.25) is 0 Å². The summed E-state index contributed by atoms with van der Waals surface area (Å²) in [4.78, 5) is 13.2. The van der Waals surface area contributed by atoms with Crippen molar-refractivity contribution in [3.05, 3.63) is 30.0 Å². The molecule has 0 radical (unpaired) electrons. The Kier molecular flexibility index (Phi) is 3.93. The van der Waals surface area contributed by atoms with E-state index in [9.17, 15) is 4.79 Å². The average Bonchev–Trinajstić information content (AvgIpc) is 2.95. The third-order valence-corrected chi connectivity index (χ3v) is 2.81. The van der Waals surface area contributed by atoms with Crippen molar-refractivity contribution in [3.8, 4) is 22.8 Å². The van der Waals surface area contributed by atoms with Crippen LogP contribution in [-0.4, -0.2) is 44.3 Å². The van der Waals surface area contributed by atoms with Gasteiger partial charge in [-0.3, -0.25) is 4.79 Å². The van der Waals surface area contributed by atoms with Crippen molar-refractivity contribution in [3.63, 3.8) is 0 Å². The average molecular weight is 276 g/mol. The van der Waals surface area contributed by atoms with Crippen LogP contribution in [0.4, 0.5) is 0 Å². The predicted molar refractivity (Wildman–Crippen MR) is 73.1 cm³/mol. The fourth-order valence-corrected chi connectivity index (χ4v) is 1.74. The highest BCUT2D eigenvalue weighted by Gasteiger charge is 2.18. The molecule has 0 bridgehead atoms. The maximum Gasteiger partial charge on any atom is 0.275 e. The molecule has 20 heavy (non-hydrogen) atoms. The molecule has 1 aromatic heterocycles. The largest absolute Gasteiger partial charge is 0.497 e. The van der Waals surface area contributed by atoms with E-state index in [1.165, 1.54) is 4.90 Å². The second kappa shape index (κ2) is 5.64. The molecule has 1 heterocycles. The van der Waals surface area contributed by atoms with Crippen LogP contribution >= 0.6 is 0 Å². The van der Waals surface area contributed by atoms with E-state index in [0.717, 1.165) is 0 Å². The van der Waals surface area contributed by atoms with E-state index >= 15 is 0 Å². The SMILES string of the molecule is COc1ccc(OC)c(-c2cc(C(=O)N(C)C)no2)c1. The van der Waals surface area contributed by atoms with Gasteiger partial charge in [-0.1, -0.05) is 5.16 Å². The molecule has 106 valence electrons. The summed E-state index contributed by atoms with van der Waals surface area (Å²) in [5.74, 6) is 1.51. The summed E-state index contributed by atoms with van der Waals surface area (Å²) in [7, 11) is 6.45. The molecule has 0 aliphatic heterocycles. The van der Waals surface area contributed by atoms with Gasteiger partial charge in [0.1, 0.15) is 11.5 Å². The maximum atomic E-state index is 11.8. The number of aromatic nitrogens is 1. The van der Waals surface area contributed by atoms with Gasteiger partial charge in [-0.05, 0) is 18.2 Å². The highest BCUT2D eigenvalue weighted by atomic mass is 16.5. The van der Waals surface area contributed by atoms with Crippen LogP contribution in [-0.2, 0) is 0 Å². The highest BCUT2D eigenvalue weighted by Crippen LogP contribution is 2.33. The normalized spacial score (nSPS) is 10.2. The molecule has 0 unspecified atom stereocenters. The number of amides is 1. The topological polar surface area (TPSA) is 64.8 Å². The number of nitrogens with zero attached hydrogens (tertiary/aromatic N) is 2. The molecule has 2 rings (SSSR count). The van der Waals surface area contributed by atoms with Gasteiger partial charge >= 0.3 is 0 Å². The Balaban J connectivity index is 2.43. The minimum atomic E-state index is -0.220. The molecule has 0 saturated heterocycles. The van der Waals surface area contributed by atoms with Crippen LogP contribution in [0.25, 0.3) is 11.3 Å². The van der Waals surface area contributed by atoms with Gasteiger partial charge in [-0.15, -0.1) is 0 Å². The molecule has 6 nitrogen and oxygen atoms in total. The summed E-state index contributed by atoms with van der Waals surface area (Å²) in [6, 6.07) is 6.90. The number of hydrogen-bond donors (Lipinski definition) is 0. The zero-order valence-corrected chi connectivity index (χ0v) is 11.8. The number of rotatable bonds is 4. The van der Waals surface area contributed by atoms with E-state index in [1.54, 1.807) is 52.6 Å². The smallest absolute Gasteiger partial charge is 0.275 e. The fraction of sp³-hybridized carbons (Fsp3) is 0.286. The van der Waals surface area contributed by atoms with Crippen molar-refractivity contribution in [2.75, 3.05) is 28.3 Å². The zero-order valence-electron chi connectivity index (χ0n) is 11.8. The van der Waals surface area contributed by atoms with E-state index in [4.69, 9.17) is 14.0 Å². The highest BCUT2D eigenvalue weighted by molar-refractivity contribution is 5.93. The lowest BCUT2D eigenvalue weighted by Crippen LogP contribution is -2.21. The molecule has 0 atom stereocenters. The van der Waals surface area contributed by atoms with Gasteiger partial charge in [0.25, 0.3) is 5.91 Å². The Morgan fingerprint density at radius 3 is 2.55 bits per heavy atom. The van der Waals surface area contributed by atoms with Gasteiger partial charge in [0, 0.05) is 20.2 Å². The van der Waals surface area contributed by atoms with Crippen LogP contribution < -0.4 is 9.47 Å². The summed E-state index contributed by atoms with van der Waals surface area (Å²) >= 11 is 0. The van der Waals surface area contributed by atoms with Gasteiger partial charge in [0.15, 0.2) is 11.5 Å². The fourth-order valence-electron chi connectivity index (χ4n) is 1.74. The Labute approximate surface area is 116 Å². The van der Waals surface area contributed by atoms with E-state index < -0.39 is 0 Å². The molecule has 1 amide bonds. The van der Waals surface area contributed by atoms with E-state index in [-0.39, 0.29) is 11.6 Å². The Bertz CT molecular complexity index is 619. The Morgan fingerprint density at radius 2 is 1.95 bits per heavy atom. The van der Waals surface area contributed by atoms with Gasteiger partial charge in [-0.2, -0.15) is 0 Å². The quantitative estimate of drug-likeness (QED) is 0.855. The molecule has 2 aromatic rings. The van der Waals surface area contributed by atoms with Crippen LogP contribution in [0.5, 0.6) is 11.5 Å². The van der Waals surface area contributed by atoms with E-state index in [0.29, 0.717) is 22.8 Å². The number of hydrogen-bond acceptors (Lipinski definition) is 5. The molecule has 0 fully saturated rings. The molecular weight excluding hydrogens is 260 g/mol. The van der Waals surface area contributed by atoms with Crippen molar-refractivity contribution in [1.29, 1.82) is 0 Å². The van der Waals surface area contributed by atoms with Crippen molar-refractivity contribution in [1.82, 2.24) is 10.1 Å². The molecule has 0 aliphatic rings. The van der Waals surface area contributed by atoms with Crippen molar-refractivity contribution in [2.45, 2.75) is 0 Å². The third kappa shape index (κ3) is 2.59. The first kappa shape index (κ1) is 13.9. The molecule has 0 aliphatic carbocycles. The number of methoxy groups -OCH3 is 2. The first-order chi connectivity index (χ1) is 9.56. The summed E-state index contributed by atoms with van der Waals surface area (Å²) in [6.45, 7) is 0. The molecule has 1 aromatic carbocycles. The van der Waals surface area contributed by atoms with Crippen LogP contribution in [0, 0.1) is 0 Å². The summed E-state index contributed by atoms with van der Waals surface area (Å²) in [6.07, 6.45) is 0. The summed E-state index contributed by atoms with van der Waals surface area (Å²) < 4.78 is 15.7. The number of benzene rings is 1. The number of carbonyl (C=O) groups is 1. The predicted octanol–water partition coefficient (Wildman–Crippen LogP) is 2.06. The first-order valence-electron chi connectivity index (χ1n) is 5.97. The first-order valence-corrected chi connectivity index (χ1v) is 5.97. The van der Waals surface area contributed by atoms with Gasteiger partial charge in [0.05, 0.1) is 19.8 Å². The third-order valence-electron chi connectivity index (χ3n) is 2.81. The van der Waals surface area contributed by atoms with Gasteiger partial charge in [-0.25, -0.2) is 0 Å². The molecule has 0 spiro atoms. The van der Waals surface area contributed by atoms with Gasteiger partial charge < -0.3 is 18.9 Å². The minimum absolute atomic E-state index is 0.220. The van der Waals surface area contributed by atoms with Crippen LogP contribution in [0.3, 0.4) is 0 Å². The lowest BCUT2D eigenvalue weighted by atomic mass is 10.1. The van der Waals surface area contributed by atoms with Crippen LogP contribution in [0.2, 0.25) is 0 Å². The van der Waals surface area contributed by atoms with Crippen molar-refractivity contribution in [2.24, 2.45) is 0 Å². The Hall–Kier alpha value is -2.50. The second-order valence-corrected chi connectivity index (χ2v) is 4.34. The minimum Gasteiger partial charge on any atom is -0.497 e. The molecule has 0 saturated carbocycles. The van der Waals surface area contributed by atoms with Crippen LogP contribution in [0.1, 0.15) is 10.5 Å². The Morgan fingerprint density at radius 1 is 1.20 bits per heavy atom. The summed E-state index contributed by atoms with van der Waals surface area (Å²) in [5, 5.41) is 3.78. The van der Waals surface area contributed by atoms with E-state index in [1.807, 2.05) is 0 Å². The maximum absolute atomic E-state index is 11.8. The molecule has 0 N–H and O–H groups in total. The molecule has 6 heteroatoms. The summed E-state index contributed by atoms with van der Waals surface area (Å²) in [5.41, 5.74) is 0.923. The number of ether oxygens (including phenoxy) is 2. The standard InChI is InChI=1S/C14H16N2O4/c1-16(2)14(17)11-8-13(20-15-11)10-7-9(18-3)5-6-12(10)19-4/h5-8H,1-4H3. The van der Waals surface area contributed by atoms with Crippen LogP contribution in [0.15, 0.2) is 28.8 Å². The van der Waals surface area contributed by atoms with E-state index in [2.05, 4.69) is 5.16 Å².